The average molecular weight is 445 g/mol. The molecular formula is C30H52O2. The van der Waals surface area contributed by atoms with E-state index in [1.165, 1.54) is 57.8 Å². The highest BCUT2D eigenvalue weighted by molar-refractivity contribution is 5.20. The fraction of sp³-hybridized carbons (Fsp3) is 1.00. The van der Waals surface area contributed by atoms with Gasteiger partial charge in [-0.2, -0.15) is 0 Å². The molecule has 32 heavy (non-hydrogen) atoms. The normalized spacial score (nSPS) is 61.7. The summed E-state index contributed by atoms with van der Waals surface area (Å²) < 4.78 is 0. The van der Waals surface area contributed by atoms with Gasteiger partial charge in [0.2, 0.25) is 0 Å². The molecule has 0 unspecified atom stereocenters. The van der Waals surface area contributed by atoms with Gasteiger partial charge in [-0.1, -0.05) is 55.4 Å². The monoisotopic (exact) mass is 444 g/mol. The molecule has 0 spiro atoms. The summed E-state index contributed by atoms with van der Waals surface area (Å²) in [6, 6.07) is 0. The van der Waals surface area contributed by atoms with Crippen LogP contribution in [0.4, 0.5) is 0 Å². The molecule has 11 atom stereocenters. The van der Waals surface area contributed by atoms with Gasteiger partial charge in [0.25, 0.3) is 0 Å². The largest absolute Gasteiger partial charge is 0.390 e. The Morgan fingerprint density at radius 2 is 1.22 bits per heavy atom. The first-order valence-corrected chi connectivity index (χ1v) is 14.0. The van der Waals surface area contributed by atoms with Crippen molar-refractivity contribution < 1.29 is 10.2 Å². The Bertz CT molecular complexity index is 775. The van der Waals surface area contributed by atoms with E-state index in [0.717, 1.165) is 18.3 Å². The molecule has 0 aromatic heterocycles. The van der Waals surface area contributed by atoms with E-state index >= 15 is 0 Å². The Hall–Kier alpha value is -0.0800. The highest BCUT2D eigenvalue weighted by atomic mass is 16.3. The van der Waals surface area contributed by atoms with Crippen LogP contribution in [0.5, 0.6) is 0 Å². The van der Waals surface area contributed by atoms with Crippen molar-refractivity contribution >= 4 is 0 Å². The van der Waals surface area contributed by atoms with Crippen molar-refractivity contribution in [2.75, 3.05) is 0 Å². The molecule has 5 aliphatic rings. The van der Waals surface area contributed by atoms with Gasteiger partial charge >= 0.3 is 0 Å². The van der Waals surface area contributed by atoms with Gasteiger partial charge in [0.05, 0.1) is 12.2 Å². The van der Waals surface area contributed by atoms with E-state index in [0.29, 0.717) is 27.6 Å². The quantitative estimate of drug-likeness (QED) is 0.414. The lowest BCUT2D eigenvalue weighted by atomic mass is 9.30. The lowest BCUT2D eigenvalue weighted by molar-refractivity contribution is -0.270. The summed E-state index contributed by atoms with van der Waals surface area (Å²) in [4.78, 5) is 0. The minimum absolute atomic E-state index is 0.157. The number of aliphatic hydroxyl groups is 2. The SMILES string of the molecule is C[C@@H]1[C@H](O)[C@H](O)C[C@@H]2[C@]1(C)CC[C@@H]1[C@]2(C)CC[C@@]2(C)[C@H]3CC(C)(C)CC[C@]3(C)CC[C@]12C. The third-order valence-electron chi connectivity index (χ3n) is 14.0. The number of hydrogen-bond acceptors (Lipinski definition) is 2. The maximum absolute atomic E-state index is 10.8. The molecule has 0 heterocycles. The van der Waals surface area contributed by atoms with Gasteiger partial charge in [0, 0.05) is 0 Å². The molecule has 5 aliphatic carbocycles. The van der Waals surface area contributed by atoms with E-state index in [-0.39, 0.29) is 16.7 Å². The number of fused-ring (bicyclic) bond motifs is 7. The Labute approximate surface area is 198 Å². The third kappa shape index (κ3) is 2.78. The van der Waals surface area contributed by atoms with Gasteiger partial charge in [0.1, 0.15) is 0 Å². The minimum atomic E-state index is -0.555. The van der Waals surface area contributed by atoms with Crippen LogP contribution in [-0.2, 0) is 0 Å². The average Bonchev–Trinajstić information content (AvgIpc) is 2.72. The molecule has 0 amide bonds. The molecule has 2 heteroatoms. The van der Waals surface area contributed by atoms with Crippen LogP contribution in [0, 0.1) is 56.2 Å². The Morgan fingerprint density at radius 1 is 0.625 bits per heavy atom. The van der Waals surface area contributed by atoms with E-state index in [2.05, 4.69) is 55.4 Å². The zero-order chi connectivity index (χ0) is 23.5. The van der Waals surface area contributed by atoms with Crippen molar-refractivity contribution in [3.05, 3.63) is 0 Å². The lowest BCUT2D eigenvalue weighted by Crippen LogP contribution is -2.68. The number of aliphatic hydroxyl groups excluding tert-OH is 2. The molecule has 5 fully saturated rings. The molecule has 2 N–H and O–H groups in total. The summed E-state index contributed by atoms with van der Waals surface area (Å²) in [7, 11) is 0. The Morgan fingerprint density at radius 3 is 1.91 bits per heavy atom. The van der Waals surface area contributed by atoms with Crippen molar-refractivity contribution in [2.24, 2.45) is 56.2 Å². The fourth-order valence-corrected chi connectivity index (χ4v) is 11.3. The van der Waals surface area contributed by atoms with E-state index in [4.69, 9.17) is 0 Å². The Kier molecular flexibility index (Phi) is 5.01. The van der Waals surface area contributed by atoms with Crippen LogP contribution in [0.3, 0.4) is 0 Å². The summed E-state index contributed by atoms with van der Waals surface area (Å²) in [5.74, 6) is 2.30. The number of rotatable bonds is 0. The fourth-order valence-electron chi connectivity index (χ4n) is 11.3. The first kappa shape index (κ1) is 23.7. The first-order chi connectivity index (χ1) is 14.6. The number of hydrogen-bond donors (Lipinski definition) is 2. The molecular weight excluding hydrogens is 392 g/mol. The van der Waals surface area contributed by atoms with Gasteiger partial charge in [-0.15, -0.1) is 0 Å². The van der Waals surface area contributed by atoms with Crippen LogP contribution in [-0.4, -0.2) is 22.4 Å². The Balaban J connectivity index is 1.55. The summed E-state index contributed by atoms with van der Waals surface area (Å²) in [5.41, 5.74) is 2.27. The minimum Gasteiger partial charge on any atom is -0.390 e. The van der Waals surface area contributed by atoms with E-state index in [9.17, 15) is 10.2 Å². The van der Waals surface area contributed by atoms with Crippen LogP contribution in [0.25, 0.3) is 0 Å². The van der Waals surface area contributed by atoms with Gasteiger partial charge in [0.15, 0.2) is 0 Å². The highest BCUT2D eigenvalue weighted by Crippen LogP contribution is 2.78. The van der Waals surface area contributed by atoms with Crippen LogP contribution >= 0.6 is 0 Å². The smallest absolute Gasteiger partial charge is 0.0829 e. The van der Waals surface area contributed by atoms with Gasteiger partial charge < -0.3 is 10.2 Å². The molecule has 0 aromatic carbocycles. The summed E-state index contributed by atoms with van der Waals surface area (Å²) in [6.07, 6.45) is 11.9. The molecule has 0 radical (unpaired) electrons. The van der Waals surface area contributed by atoms with Crippen molar-refractivity contribution in [1.82, 2.24) is 0 Å². The van der Waals surface area contributed by atoms with Crippen molar-refractivity contribution in [1.29, 1.82) is 0 Å². The molecule has 0 bridgehead atoms. The predicted octanol–water partition coefficient (Wildman–Crippen LogP) is 7.22. The van der Waals surface area contributed by atoms with E-state index < -0.39 is 12.2 Å². The lowest BCUT2D eigenvalue weighted by Gasteiger charge is -2.75. The van der Waals surface area contributed by atoms with Gasteiger partial charge in [-0.3, -0.25) is 0 Å². The van der Waals surface area contributed by atoms with E-state index in [1.807, 2.05) is 0 Å². The first-order valence-electron chi connectivity index (χ1n) is 14.0. The zero-order valence-corrected chi connectivity index (χ0v) is 22.4. The molecule has 0 saturated heterocycles. The standard InChI is InChI=1S/C30H52O2/c1-19-24(32)20(31)17-22-27(19,5)10-9-21-28(22,6)14-16-30(8)23-18-25(2,3)11-12-26(23,4)13-15-29(21,30)7/h19-24,31-32H,9-18H2,1-8H3/t19-,20-,21-,22-,23+,24+,26-,27-,28+,29-,30+/m1/s1. The van der Waals surface area contributed by atoms with E-state index in [1.54, 1.807) is 0 Å². The topological polar surface area (TPSA) is 40.5 Å². The highest BCUT2D eigenvalue weighted by Gasteiger charge is 2.71. The van der Waals surface area contributed by atoms with Crippen LogP contribution < -0.4 is 0 Å². The third-order valence-corrected chi connectivity index (χ3v) is 14.0. The predicted molar refractivity (Wildman–Crippen MR) is 132 cm³/mol. The summed E-state index contributed by atoms with van der Waals surface area (Å²) in [5, 5.41) is 21.6. The van der Waals surface area contributed by atoms with Crippen molar-refractivity contribution in [3.63, 3.8) is 0 Å². The molecule has 0 aliphatic heterocycles. The maximum atomic E-state index is 10.8. The van der Waals surface area contributed by atoms with Crippen molar-refractivity contribution in [2.45, 2.75) is 132 Å². The van der Waals surface area contributed by atoms with Gasteiger partial charge in [-0.25, -0.2) is 0 Å². The second-order valence-corrected chi connectivity index (χ2v) is 15.6. The second kappa shape index (κ2) is 6.77. The summed E-state index contributed by atoms with van der Waals surface area (Å²) >= 11 is 0. The van der Waals surface area contributed by atoms with Crippen LogP contribution in [0.2, 0.25) is 0 Å². The molecule has 5 saturated carbocycles. The van der Waals surface area contributed by atoms with Crippen LogP contribution in [0.15, 0.2) is 0 Å². The van der Waals surface area contributed by atoms with Crippen LogP contribution in [0.1, 0.15) is 120 Å². The second-order valence-electron chi connectivity index (χ2n) is 15.6. The van der Waals surface area contributed by atoms with Crippen molar-refractivity contribution in [3.8, 4) is 0 Å². The molecule has 5 rings (SSSR count). The molecule has 0 aromatic rings. The molecule has 184 valence electrons. The zero-order valence-electron chi connectivity index (χ0n) is 22.4. The molecule has 2 nitrogen and oxygen atoms in total. The maximum Gasteiger partial charge on any atom is 0.0829 e. The van der Waals surface area contributed by atoms with Gasteiger partial charge in [-0.05, 0) is 120 Å². The summed E-state index contributed by atoms with van der Waals surface area (Å²) in [6.45, 7) is 20.4.